The minimum atomic E-state index is -0.671. The van der Waals surface area contributed by atoms with Crippen LogP contribution in [0.3, 0.4) is 0 Å². The van der Waals surface area contributed by atoms with Gasteiger partial charge in [-0.25, -0.2) is 0 Å². The number of benzene rings is 1. The van der Waals surface area contributed by atoms with Crippen molar-refractivity contribution >= 4 is 17.4 Å². The van der Waals surface area contributed by atoms with E-state index in [-0.39, 0.29) is 17.4 Å². The molecule has 3 rings (SSSR count). The number of aromatic nitrogens is 1. The molecule has 0 bridgehead atoms. The topological polar surface area (TPSA) is 54.3 Å². The zero-order valence-electron chi connectivity index (χ0n) is 16.6. The first-order chi connectivity index (χ1) is 12.7. The average molecular weight is 365 g/mol. The van der Waals surface area contributed by atoms with Gasteiger partial charge in [0.1, 0.15) is 0 Å². The van der Waals surface area contributed by atoms with Crippen molar-refractivity contribution in [3.05, 3.63) is 65.5 Å². The van der Waals surface area contributed by atoms with E-state index in [1.54, 1.807) is 4.90 Å². The van der Waals surface area contributed by atoms with E-state index in [2.05, 4.69) is 5.32 Å². The van der Waals surface area contributed by atoms with Crippen LogP contribution in [-0.4, -0.2) is 26.8 Å². The molecule has 1 aliphatic rings. The lowest BCUT2D eigenvalue weighted by Crippen LogP contribution is -2.51. The number of hydrogen-bond donors (Lipinski definition) is 1. The molecule has 2 amide bonds. The summed E-state index contributed by atoms with van der Waals surface area (Å²) in [6.45, 7) is 8.07. The summed E-state index contributed by atoms with van der Waals surface area (Å²) in [5.41, 5.74) is 2.93. The number of rotatable bonds is 3. The highest BCUT2D eigenvalue weighted by atomic mass is 16.2. The molecule has 0 spiro atoms. The lowest BCUT2D eigenvalue weighted by Gasteiger charge is -2.38. The Labute approximate surface area is 160 Å². The van der Waals surface area contributed by atoms with Crippen LogP contribution in [0.15, 0.2) is 48.7 Å². The molecule has 1 atom stereocenters. The largest absolute Gasteiger partial charge is 0.352 e. The Morgan fingerprint density at radius 1 is 1.19 bits per heavy atom. The SMILES string of the molecule is C/C=C1/C(=O)N(Cc2ccccc2)C(C(=O)NC(C)(C)C)c2c1ccn2C. The zero-order chi connectivity index (χ0) is 19.8. The summed E-state index contributed by atoms with van der Waals surface area (Å²) >= 11 is 0. The molecular weight excluding hydrogens is 338 g/mol. The molecule has 0 radical (unpaired) electrons. The maximum absolute atomic E-state index is 13.3. The highest BCUT2D eigenvalue weighted by Gasteiger charge is 2.42. The predicted molar refractivity (Wildman–Crippen MR) is 107 cm³/mol. The van der Waals surface area contributed by atoms with Crippen LogP contribution in [0.4, 0.5) is 0 Å². The number of carbonyl (C=O) groups excluding carboxylic acids is 2. The quantitative estimate of drug-likeness (QED) is 0.848. The van der Waals surface area contributed by atoms with Gasteiger partial charge in [-0.05, 0) is 39.3 Å². The van der Waals surface area contributed by atoms with E-state index in [0.29, 0.717) is 12.1 Å². The summed E-state index contributed by atoms with van der Waals surface area (Å²) in [5.74, 6) is -0.279. The molecule has 1 aromatic heterocycles. The molecule has 1 unspecified atom stereocenters. The molecule has 2 heterocycles. The van der Waals surface area contributed by atoms with Crippen molar-refractivity contribution < 1.29 is 9.59 Å². The van der Waals surface area contributed by atoms with Crippen molar-refractivity contribution in [1.29, 1.82) is 0 Å². The Morgan fingerprint density at radius 3 is 2.44 bits per heavy atom. The van der Waals surface area contributed by atoms with Gasteiger partial charge in [0, 0.05) is 36.5 Å². The second kappa shape index (κ2) is 7.06. The van der Waals surface area contributed by atoms with Crippen LogP contribution in [0.1, 0.15) is 50.6 Å². The summed E-state index contributed by atoms with van der Waals surface area (Å²) in [6, 6.07) is 11.0. The van der Waals surface area contributed by atoms with Crippen molar-refractivity contribution in [1.82, 2.24) is 14.8 Å². The zero-order valence-corrected chi connectivity index (χ0v) is 16.6. The van der Waals surface area contributed by atoms with Gasteiger partial charge in [0.25, 0.3) is 5.91 Å². The summed E-state index contributed by atoms with van der Waals surface area (Å²) in [5, 5.41) is 3.05. The lowest BCUT2D eigenvalue weighted by molar-refractivity contribution is -0.139. The molecule has 5 heteroatoms. The Hall–Kier alpha value is -2.82. The van der Waals surface area contributed by atoms with Crippen molar-refractivity contribution in [3.63, 3.8) is 0 Å². The Morgan fingerprint density at radius 2 is 1.85 bits per heavy atom. The predicted octanol–water partition coefficient (Wildman–Crippen LogP) is 3.43. The molecule has 0 aliphatic carbocycles. The van der Waals surface area contributed by atoms with E-state index in [9.17, 15) is 9.59 Å². The average Bonchev–Trinajstić information content (AvgIpc) is 2.96. The van der Waals surface area contributed by atoms with Crippen LogP contribution in [0.2, 0.25) is 0 Å². The van der Waals surface area contributed by atoms with Gasteiger partial charge in [0.15, 0.2) is 6.04 Å². The molecule has 0 saturated carbocycles. The van der Waals surface area contributed by atoms with Gasteiger partial charge in [-0.1, -0.05) is 36.4 Å². The third kappa shape index (κ3) is 3.68. The van der Waals surface area contributed by atoms with E-state index < -0.39 is 6.04 Å². The molecule has 1 aromatic carbocycles. The fourth-order valence-electron chi connectivity index (χ4n) is 3.57. The molecule has 27 heavy (non-hydrogen) atoms. The van der Waals surface area contributed by atoms with Crippen LogP contribution in [0.25, 0.3) is 5.57 Å². The van der Waals surface area contributed by atoms with Crippen LogP contribution in [0.5, 0.6) is 0 Å². The monoisotopic (exact) mass is 365 g/mol. The van der Waals surface area contributed by atoms with E-state index >= 15 is 0 Å². The third-order valence-electron chi connectivity index (χ3n) is 4.70. The first kappa shape index (κ1) is 19.0. The molecule has 142 valence electrons. The van der Waals surface area contributed by atoms with Crippen molar-refractivity contribution in [2.45, 2.75) is 45.8 Å². The third-order valence-corrected chi connectivity index (χ3v) is 4.70. The minimum Gasteiger partial charge on any atom is -0.352 e. The summed E-state index contributed by atoms with van der Waals surface area (Å²) in [4.78, 5) is 28.2. The van der Waals surface area contributed by atoms with Crippen molar-refractivity contribution in [2.75, 3.05) is 0 Å². The smallest absolute Gasteiger partial charge is 0.255 e. The van der Waals surface area contributed by atoms with Gasteiger partial charge >= 0.3 is 0 Å². The Kier molecular flexibility index (Phi) is 4.96. The first-order valence-electron chi connectivity index (χ1n) is 9.21. The fraction of sp³-hybridized carbons (Fsp3) is 0.364. The summed E-state index contributed by atoms with van der Waals surface area (Å²) in [6.07, 6.45) is 3.74. The number of hydrogen-bond acceptors (Lipinski definition) is 2. The molecule has 1 N–H and O–H groups in total. The lowest BCUT2D eigenvalue weighted by atomic mass is 9.92. The number of nitrogens with one attached hydrogen (secondary N) is 1. The standard InChI is InChI=1S/C22H27N3O2/c1-6-16-17-12-13-24(5)18(17)19(20(26)23-22(2,3)4)25(21(16)27)14-15-10-8-7-9-11-15/h6-13,19H,14H2,1-5H3,(H,23,26)/b16-6+. The second-order valence-electron chi connectivity index (χ2n) is 7.99. The maximum atomic E-state index is 13.3. The van der Waals surface area contributed by atoms with E-state index in [4.69, 9.17) is 0 Å². The highest BCUT2D eigenvalue weighted by Crippen LogP contribution is 2.38. The van der Waals surface area contributed by atoms with Gasteiger partial charge in [-0.3, -0.25) is 9.59 Å². The van der Waals surface area contributed by atoms with Gasteiger partial charge in [-0.15, -0.1) is 0 Å². The van der Waals surface area contributed by atoms with Crippen molar-refractivity contribution in [2.24, 2.45) is 7.05 Å². The van der Waals surface area contributed by atoms with Crippen LogP contribution in [0, 0.1) is 0 Å². The van der Waals surface area contributed by atoms with E-state index in [0.717, 1.165) is 16.8 Å². The van der Waals surface area contributed by atoms with Crippen LogP contribution >= 0.6 is 0 Å². The van der Waals surface area contributed by atoms with E-state index in [1.165, 1.54) is 0 Å². The van der Waals surface area contributed by atoms with Crippen LogP contribution in [-0.2, 0) is 23.2 Å². The van der Waals surface area contributed by atoms with Crippen LogP contribution < -0.4 is 5.32 Å². The van der Waals surface area contributed by atoms with Crippen molar-refractivity contribution in [3.8, 4) is 0 Å². The summed E-state index contributed by atoms with van der Waals surface area (Å²) in [7, 11) is 1.92. The summed E-state index contributed by atoms with van der Waals surface area (Å²) < 4.78 is 1.94. The Bertz CT molecular complexity index is 888. The molecular formula is C22H27N3O2. The molecule has 0 fully saturated rings. The molecule has 5 nitrogen and oxygen atoms in total. The van der Waals surface area contributed by atoms with Gasteiger partial charge in [0.05, 0.1) is 5.69 Å². The normalized spacial score (nSPS) is 18.6. The number of carbonyl (C=O) groups is 2. The molecule has 2 aromatic rings. The first-order valence-corrected chi connectivity index (χ1v) is 9.21. The number of amides is 2. The van der Waals surface area contributed by atoms with Gasteiger partial charge in [0.2, 0.25) is 5.91 Å². The van der Waals surface area contributed by atoms with Gasteiger partial charge in [-0.2, -0.15) is 0 Å². The maximum Gasteiger partial charge on any atom is 0.255 e. The molecule has 1 aliphatic heterocycles. The number of nitrogens with zero attached hydrogens (tertiary/aromatic N) is 2. The number of allylic oxidation sites excluding steroid dienone is 1. The highest BCUT2D eigenvalue weighted by molar-refractivity contribution is 6.22. The Balaban J connectivity index is 2.11. The fourth-order valence-corrected chi connectivity index (χ4v) is 3.57. The number of fused-ring (bicyclic) bond motifs is 1. The van der Waals surface area contributed by atoms with Gasteiger partial charge < -0.3 is 14.8 Å². The number of aryl methyl sites for hydroxylation is 1. The van der Waals surface area contributed by atoms with E-state index in [1.807, 2.05) is 88.0 Å². The second-order valence-corrected chi connectivity index (χ2v) is 7.99. The molecule has 0 saturated heterocycles. The minimum absolute atomic E-state index is 0.117.